The normalized spacial score (nSPS) is 11.3. The van der Waals surface area contributed by atoms with Crippen molar-refractivity contribution in [2.45, 2.75) is 32.6 Å². The van der Waals surface area contributed by atoms with E-state index in [1.54, 1.807) is 18.2 Å². The third-order valence-corrected chi connectivity index (χ3v) is 3.84. The van der Waals surface area contributed by atoms with Crippen LogP contribution in [0.2, 0.25) is 0 Å². The third-order valence-electron chi connectivity index (χ3n) is 3.84. The van der Waals surface area contributed by atoms with E-state index in [9.17, 15) is 9.90 Å². The van der Waals surface area contributed by atoms with Crippen LogP contribution in [0, 0.1) is 0 Å². The van der Waals surface area contributed by atoms with Crippen molar-refractivity contribution >= 4 is 17.3 Å². The Labute approximate surface area is 135 Å². The van der Waals surface area contributed by atoms with E-state index in [1.165, 1.54) is 12.1 Å². The Bertz CT molecular complexity index is 705. The largest absolute Gasteiger partial charge is 0.506 e. The lowest BCUT2D eigenvalue weighted by molar-refractivity contribution is 0.0697. The van der Waals surface area contributed by atoms with Crippen LogP contribution in [0.25, 0.3) is 0 Å². The number of hydrogen-bond acceptors (Lipinski definition) is 4. The van der Waals surface area contributed by atoms with Crippen LogP contribution in [0.15, 0.2) is 52.7 Å². The van der Waals surface area contributed by atoms with Gasteiger partial charge in [0.1, 0.15) is 11.4 Å². The summed E-state index contributed by atoms with van der Waals surface area (Å²) in [6.07, 6.45) is 2.04. The first kappa shape index (κ1) is 16.7. The third kappa shape index (κ3) is 4.16. The van der Waals surface area contributed by atoms with E-state index >= 15 is 0 Å². The van der Waals surface area contributed by atoms with Crippen LogP contribution in [0.4, 0.5) is 11.4 Å². The Balaban J connectivity index is 2.24. The molecule has 0 heterocycles. The van der Waals surface area contributed by atoms with E-state index in [2.05, 4.69) is 24.1 Å². The molecule has 0 aliphatic carbocycles. The molecule has 120 valence electrons. The highest BCUT2D eigenvalue weighted by atomic mass is 16.4. The number of nitrogens with zero attached hydrogens (tertiary/aromatic N) is 2. The summed E-state index contributed by atoms with van der Waals surface area (Å²) in [6.45, 7) is 4.26. The van der Waals surface area contributed by atoms with E-state index in [-0.39, 0.29) is 11.3 Å². The molecule has 23 heavy (non-hydrogen) atoms. The zero-order valence-electron chi connectivity index (χ0n) is 13.2. The molecule has 2 aromatic rings. The van der Waals surface area contributed by atoms with Crippen molar-refractivity contribution < 1.29 is 15.0 Å². The topological polar surface area (TPSA) is 82.2 Å². The molecule has 2 N–H and O–H groups in total. The van der Waals surface area contributed by atoms with Gasteiger partial charge < -0.3 is 10.2 Å². The fraction of sp³-hybridized carbons (Fsp3) is 0.278. The molecule has 0 bridgehead atoms. The average Bonchev–Trinajstić information content (AvgIpc) is 2.56. The Morgan fingerprint density at radius 3 is 2.26 bits per heavy atom. The number of phenolic OH excluding ortho intramolecular Hbond substituents is 1. The Morgan fingerprint density at radius 2 is 1.70 bits per heavy atom. The van der Waals surface area contributed by atoms with Crippen molar-refractivity contribution in [1.29, 1.82) is 0 Å². The highest BCUT2D eigenvalue weighted by molar-refractivity contribution is 5.87. The van der Waals surface area contributed by atoms with Crippen molar-refractivity contribution in [2.24, 2.45) is 10.2 Å². The standard InChI is InChI=1S/C18H20N2O3/c1-3-12(4-2)14-7-10-17(21)16(11-14)20-19-15-8-5-13(6-9-15)18(22)23/h5-12,21H,3-4H2,1-2H3,(H,22,23). The minimum Gasteiger partial charge on any atom is -0.506 e. The van der Waals surface area contributed by atoms with Gasteiger partial charge >= 0.3 is 5.97 Å². The van der Waals surface area contributed by atoms with E-state index in [0.717, 1.165) is 18.4 Å². The molecule has 2 aromatic carbocycles. The van der Waals surface area contributed by atoms with Gasteiger partial charge in [0, 0.05) is 0 Å². The van der Waals surface area contributed by atoms with Gasteiger partial charge in [0.25, 0.3) is 0 Å². The second-order valence-electron chi connectivity index (χ2n) is 5.31. The molecule has 0 spiro atoms. The summed E-state index contributed by atoms with van der Waals surface area (Å²) in [6, 6.07) is 11.5. The molecule has 0 amide bonds. The highest BCUT2D eigenvalue weighted by Gasteiger charge is 2.10. The number of carboxylic acids is 1. The quantitative estimate of drug-likeness (QED) is 0.700. The lowest BCUT2D eigenvalue weighted by Crippen LogP contribution is -1.94. The van der Waals surface area contributed by atoms with Crippen molar-refractivity contribution in [2.75, 3.05) is 0 Å². The number of aromatic carboxylic acids is 1. The van der Waals surface area contributed by atoms with Crippen molar-refractivity contribution in [3.8, 4) is 5.75 Å². The first-order chi connectivity index (χ1) is 11.0. The molecule has 0 aliphatic heterocycles. The predicted octanol–water partition coefficient (Wildman–Crippen LogP) is 5.41. The summed E-state index contributed by atoms with van der Waals surface area (Å²) in [5, 5.41) is 26.9. The van der Waals surface area contributed by atoms with Gasteiger partial charge in [-0.1, -0.05) is 19.9 Å². The van der Waals surface area contributed by atoms with Crippen LogP contribution in [0.1, 0.15) is 48.5 Å². The number of carboxylic acid groups (broad SMARTS) is 1. The zero-order chi connectivity index (χ0) is 16.8. The van der Waals surface area contributed by atoms with Crippen molar-refractivity contribution in [3.63, 3.8) is 0 Å². The molecule has 0 atom stereocenters. The van der Waals surface area contributed by atoms with Crippen LogP contribution in [-0.2, 0) is 0 Å². The summed E-state index contributed by atoms with van der Waals surface area (Å²) >= 11 is 0. The van der Waals surface area contributed by atoms with Gasteiger partial charge in [0.05, 0.1) is 11.3 Å². The molecule has 0 aliphatic rings. The smallest absolute Gasteiger partial charge is 0.335 e. The highest BCUT2D eigenvalue weighted by Crippen LogP contribution is 2.33. The molecule has 0 unspecified atom stereocenters. The Kier molecular flexibility index (Phi) is 5.46. The number of azo groups is 1. The summed E-state index contributed by atoms with van der Waals surface area (Å²) in [5.41, 5.74) is 2.27. The van der Waals surface area contributed by atoms with Gasteiger partial charge in [-0.25, -0.2) is 4.79 Å². The summed E-state index contributed by atoms with van der Waals surface area (Å²) in [4.78, 5) is 10.8. The lowest BCUT2D eigenvalue weighted by Gasteiger charge is -2.13. The SMILES string of the molecule is CCC(CC)c1ccc(O)c(N=Nc2ccc(C(=O)O)cc2)c1. The molecular formula is C18H20N2O3. The second kappa shape index (κ2) is 7.54. The molecule has 0 fully saturated rings. The van der Waals surface area contributed by atoms with Gasteiger partial charge in [0.15, 0.2) is 0 Å². The van der Waals surface area contributed by atoms with Crippen molar-refractivity contribution in [1.82, 2.24) is 0 Å². The zero-order valence-corrected chi connectivity index (χ0v) is 13.2. The lowest BCUT2D eigenvalue weighted by atomic mass is 9.93. The number of carbonyl (C=O) groups is 1. The molecule has 0 aromatic heterocycles. The first-order valence-corrected chi connectivity index (χ1v) is 7.63. The van der Waals surface area contributed by atoms with Gasteiger partial charge in [-0.3, -0.25) is 0 Å². The summed E-state index contributed by atoms with van der Waals surface area (Å²) in [7, 11) is 0. The maximum atomic E-state index is 10.8. The molecule has 5 heteroatoms. The molecule has 0 saturated carbocycles. The van der Waals surface area contributed by atoms with Gasteiger partial charge in [0.2, 0.25) is 0 Å². The van der Waals surface area contributed by atoms with Gasteiger partial charge in [-0.2, -0.15) is 5.11 Å². The van der Waals surface area contributed by atoms with Crippen LogP contribution in [0.5, 0.6) is 5.75 Å². The Hall–Kier alpha value is -2.69. The number of hydrogen-bond donors (Lipinski definition) is 2. The maximum absolute atomic E-state index is 10.8. The van der Waals surface area contributed by atoms with E-state index in [1.807, 2.05) is 12.1 Å². The van der Waals surface area contributed by atoms with Crippen LogP contribution in [0.3, 0.4) is 0 Å². The number of benzene rings is 2. The van der Waals surface area contributed by atoms with Crippen LogP contribution >= 0.6 is 0 Å². The maximum Gasteiger partial charge on any atom is 0.335 e. The van der Waals surface area contributed by atoms with E-state index in [0.29, 0.717) is 17.3 Å². The molecule has 0 radical (unpaired) electrons. The molecule has 2 rings (SSSR count). The minimum absolute atomic E-state index is 0.0746. The summed E-state index contributed by atoms with van der Waals surface area (Å²) < 4.78 is 0. The number of aromatic hydroxyl groups is 1. The van der Waals surface area contributed by atoms with Gasteiger partial charge in [-0.05, 0) is 60.7 Å². The molecule has 5 nitrogen and oxygen atoms in total. The van der Waals surface area contributed by atoms with Crippen molar-refractivity contribution in [3.05, 3.63) is 53.6 Å². The molecular weight excluding hydrogens is 292 g/mol. The second-order valence-corrected chi connectivity index (χ2v) is 5.31. The monoisotopic (exact) mass is 312 g/mol. The fourth-order valence-electron chi connectivity index (χ4n) is 2.42. The minimum atomic E-state index is -0.982. The number of rotatable bonds is 6. The first-order valence-electron chi connectivity index (χ1n) is 7.63. The van der Waals surface area contributed by atoms with Crippen LogP contribution in [-0.4, -0.2) is 16.2 Å². The van der Waals surface area contributed by atoms with Gasteiger partial charge in [-0.15, -0.1) is 5.11 Å². The summed E-state index contributed by atoms with van der Waals surface area (Å²) in [5.74, 6) is -0.478. The molecule has 0 saturated heterocycles. The van der Waals surface area contributed by atoms with Crippen LogP contribution < -0.4 is 0 Å². The van der Waals surface area contributed by atoms with E-state index in [4.69, 9.17) is 5.11 Å². The number of phenols is 1. The predicted molar refractivity (Wildman–Crippen MR) is 89.0 cm³/mol. The Morgan fingerprint density at radius 1 is 1.04 bits per heavy atom. The fourth-order valence-corrected chi connectivity index (χ4v) is 2.42. The average molecular weight is 312 g/mol. The van der Waals surface area contributed by atoms with E-state index < -0.39 is 5.97 Å².